The van der Waals surface area contributed by atoms with E-state index in [1.165, 1.54) is 0 Å². The molecule has 2 aromatic rings. The Hall–Kier alpha value is -1.95. The molecule has 0 saturated carbocycles. The SMILES string of the molecule is OCCC#Cc1ccc(Cc2cc([C@@H]3O[C@H](CO)[C@@H](O)[C@H](O)[C@H]3O)ccc2Cl)cc1. The molecule has 0 unspecified atom stereocenters. The van der Waals surface area contributed by atoms with E-state index >= 15 is 0 Å². The zero-order valence-corrected chi connectivity index (χ0v) is 17.0. The van der Waals surface area contributed by atoms with E-state index in [9.17, 15) is 20.4 Å². The molecule has 1 saturated heterocycles. The van der Waals surface area contributed by atoms with E-state index in [0.29, 0.717) is 23.4 Å². The van der Waals surface area contributed by atoms with Gasteiger partial charge in [0.05, 0.1) is 13.2 Å². The van der Waals surface area contributed by atoms with Crippen LogP contribution < -0.4 is 0 Å². The smallest absolute Gasteiger partial charge is 0.113 e. The summed E-state index contributed by atoms with van der Waals surface area (Å²) >= 11 is 6.37. The van der Waals surface area contributed by atoms with Gasteiger partial charge in [0.15, 0.2) is 0 Å². The van der Waals surface area contributed by atoms with Crippen LogP contribution in [0.15, 0.2) is 42.5 Å². The second kappa shape index (κ2) is 10.4. The average molecular weight is 433 g/mol. The Balaban J connectivity index is 1.79. The number of halogens is 1. The van der Waals surface area contributed by atoms with Crippen LogP contribution in [0.25, 0.3) is 0 Å². The van der Waals surface area contributed by atoms with E-state index < -0.39 is 37.1 Å². The van der Waals surface area contributed by atoms with Crippen LogP contribution in [0.3, 0.4) is 0 Å². The van der Waals surface area contributed by atoms with Crippen molar-refractivity contribution in [1.82, 2.24) is 0 Å². The Morgan fingerprint density at radius 1 is 0.933 bits per heavy atom. The average Bonchev–Trinajstić information content (AvgIpc) is 2.75. The van der Waals surface area contributed by atoms with Crippen molar-refractivity contribution in [1.29, 1.82) is 0 Å². The number of aliphatic hydroxyl groups is 5. The lowest BCUT2D eigenvalue weighted by Crippen LogP contribution is -2.55. The first-order chi connectivity index (χ1) is 14.4. The van der Waals surface area contributed by atoms with E-state index in [0.717, 1.165) is 16.7 Å². The van der Waals surface area contributed by atoms with Crippen LogP contribution in [-0.2, 0) is 11.2 Å². The Morgan fingerprint density at radius 2 is 1.67 bits per heavy atom. The minimum Gasteiger partial charge on any atom is -0.395 e. The third-order valence-electron chi connectivity index (χ3n) is 5.11. The van der Waals surface area contributed by atoms with Crippen LogP contribution in [0, 0.1) is 11.8 Å². The van der Waals surface area contributed by atoms with Crippen molar-refractivity contribution in [2.75, 3.05) is 13.2 Å². The summed E-state index contributed by atoms with van der Waals surface area (Å²) in [7, 11) is 0. The highest BCUT2D eigenvalue weighted by molar-refractivity contribution is 6.31. The fourth-order valence-electron chi connectivity index (χ4n) is 3.43. The largest absolute Gasteiger partial charge is 0.395 e. The Bertz CT molecular complexity index is 902. The quantitative estimate of drug-likeness (QED) is 0.454. The van der Waals surface area contributed by atoms with Gasteiger partial charge in [-0.2, -0.15) is 0 Å². The zero-order valence-electron chi connectivity index (χ0n) is 16.3. The van der Waals surface area contributed by atoms with Gasteiger partial charge in [-0.15, -0.1) is 0 Å². The molecule has 0 radical (unpaired) electrons. The predicted molar refractivity (Wildman–Crippen MR) is 112 cm³/mol. The van der Waals surface area contributed by atoms with Crippen molar-refractivity contribution in [3.63, 3.8) is 0 Å². The number of hydrogen-bond donors (Lipinski definition) is 5. The van der Waals surface area contributed by atoms with Crippen LogP contribution in [0.1, 0.15) is 34.8 Å². The predicted octanol–water partition coefficient (Wildman–Crippen LogP) is 1.18. The number of hydrogen-bond acceptors (Lipinski definition) is 6. The number of rotatable bonds is 5. The van der Waals surface area contributed by atoms with Gasteiger partial charge < -0.3 is 30.3 Å². The standard InChI is InChI=1S/C23H25ClO6/c24-18-9-8-16(23-22(29)21(28)20(27)19(13-26)30-23)12-17(18)11-15-6-4-14(5-7-15)3-1-2-10-25/h4-9,12,19-23,25-29H,2,10-11,13H2/t19-,20-,21+,22-,23+/m1/s1. The first kappa shape index (κ1) is 22.7. The molecule has 1 heterocycles. The van der Waals surface area contributed by atoms with Gasteiger partial charge in [0.1, 0.15) is 30.5 Å². The van der Waals surface area contributed by atoms with Crippen LogP contribution in [0.5, 0.6) is 0 Å². The molecule has 0 amide bonds. The summed E-state index contributed by atoms with van der Waals surface area (Å²) in [6, 6.07) is 12.9. The molecule has 1 aliphatic rings. The fraction of sp³-hybridized carbons (Fsp3) is 0.391. The summed E-state index contributed by atoms with van der Waals surface area (Å²) in [5.41, 5.74) is 3.27. The molecule has 5 atom stereocenters. The van der Waals surface area contributed by atoms with E-state index in [1.807, 2.05) is 24.3 Å². The maximum absolute atomic E-state index is 10.4. The number of ether oxygens (including phenoxy) is 1. The van der Waals surface area contributed by atoms with Gasteiger partial charge in [-0.25, -0.2) is 0 Å². The van der Waals surface area contributed by atoms with Gasteiger partial charge in [-0.3, -0.25) is 0 Å². The maximum Gasteiger partial charge on any atom is 0.113 e. The molecular weight excluding hydrogens is 408 g/mol. The maximum atomic E-state index is 10.4. The molecule has 7 heteroatoms. The van der Waals surface area contributed by atoms with Crippen molar-refractivity contribution in [2.45, 2.75) is 43.4 Å². The molecule has 3 rings (SSSR count). The molecule has 160 valence electrons. The van der Waals surface area contributed by atoms with Crippen LogP contribution in [0.2, 0.25) is 5.02 Å². The lowest BCUT2D eigenvalue weighted by Gasteiger charge is -2.40. The molecule has 2 aromatic carbocycles. The highest BCUT2D eigenvalue weighted by Gasteiger charge is 2.43. The molecule has 0 bridgehead atoms. The van der Waals surface area contributed by atoms with E-state index in [2.05, 4.69) is 11.8 Å². The summed E-state index contributed by atoms with van der Waals surface area (Å²) in [4.78, 5) is 0. The molecule has 0 spiro atoms. The normalized spacial score (nSPS) is 26.1. The van der Waals surface area contributed by atoms with Crippen LogP contribution in [0.4, 0.5) is 0 Å². The number of aliphatic hydroxyl groups excluding tert-OH is 5. The van der Waals surface area contributed by atoms with E-state index in [1.54, 1.807) is 18.2 Å². The lowest BCUT2D eigenvalue weighted by atomic mass is 9.90. The van der Waals surface area contributed by atoms with Gasteiger partial charge in [0.25, 0.3) is 0 Å². The Labute approximate surface area is 180 Å². The highest BCUT2D eigenvalue weighted by Crippen LogP contribution is 2.34. The van der Waals surface area contributed by atoms with E-state index in [4.69, 9.17) is 21.4 Å². The molecule has 0 aromatic heterocycles. The molecule has 1 aliphatic heterocycles. The van der Waals surface area contributed by atoms with Gasteiger partial charge in [-0.05, 0) is 41.3 Å². The lowest BCUT2D eigenvalue weighted by molar-refractivity contribution is -0.231. The summed E-state index contributed by atoms with van der Waals surface area (Å²) in [5, 5.41) is 49.1. The second-order valence-corrected chi connectivity index (χ2v) is 7.66. The first-order valence-electron chi connectivity index (χ1n) is 9.72. The van der Waals surface area contributed by atoms with E-state index in [-0.39, 0.29) is 6.61 Å². The fourth-order valence-corrected chi connectivity index (χ4v) is 3.61. The molecule has 5 N–H and O–H groups in total. The summed E-state index contributed by atoms with van der Waals surface area (Å²) in [6.07, 6.45) is -5.07. The second-order valence-electron chi connectivity index (χ2n) is 7.25. The van der Waals surface area contributed by atoms with Gasteiger partial charge in [0.2, 0.25) is 0 Å². The van der Waals surface area contributed by atoms with Crippen molar-refractivity contribution in [3.8, 4) is 11.8 Å². The third-order valence-corrected chi connectivity index (χ3v) is 5.48. The Morgan fingerprint density at radius 3 is 2.33 bits per heavy atom. The molecule has 30 heavy (non-hydrogen) atoms. The molecule has 6 nitrogen and oxygen atoms in total. The molecule has 1 fully saturated rings. The highest BCUT2D eigenvalue weighted by atomic mass is 35.5. The van der Waals surface area contributed by atoms with Crippen molar-refractivity contribution < 1.29 is 30.3 Å². The number of benzene rings is 2. The monoisotopic (exact) mass is 432 g/mol. The van der Waals surface area contributed by atoms with Gasteiger partial charge >= 0.3 is 0 Å². The molecular formula is C23H25ClO6. The van der Waals surface area contributed by atoms with Crippen LogP contribution in [-0.4, -0.2) is 63.2 Å². The minimum atomic E-state index is -1.43. The molecule has 0 aliphatic carbocycles. The minimum absolute atomic E-state index is 0.0361. The third kappa shape index (κ3) is 5.20. The summed E-state index contributed by atoms with van der Waals surface area (Å²) in [6.45, 7) is -0.441. The topological polar surface area (TPSA) is 110 Å². The van der Waals surface area contributed by atoms with Gasteiger partial charge in [0, 0.05) is 17.0 Å². The van der Waals surface area contributed by atoms with Crippen molar-refractivity contribution >= 4 is 11.6 Å². The zero-order chi connectivity index (χ0) is 21.7. The van der Waals surface area contributed by atoms with Gasteiger partial charge in [-0.1, -0.05) is 47.7 Å². The van der Waals surface area contributed by atoms with Crippen molar-refractivity contribution in [3.05, 3.63) is 69.7 Å². The van der Waals surface area contributed by atoms with Crippen LogP contribution >= 0.6 is 11.6 Å². The Kier molecular flexibility index (Phi) is 7.87. The van der Waals surface area contributed by atoms with Crippen molar-refractivity contribution in [2.24, 2.45) is 0 Å². The summed E-state index contributed by atoms with van der Waals surface area (Å²) in [5.74, 6) is 5.86. The first-order valence-corrected chi connectivity index (χ1v) is 10.1. The summed E-state index contributed by atoms with van der Waals surface area (Å²) < 4.78 is 5.64.